The molecule has 5 nitrogen and oxygen atoms in total. The average Bonchev–Trinajstić information content (AvgIpc) is 2.37. The van der Waals surface area contributed by atoms with Crippen LogP contribution in [0.2, 0.25) is 0 Å². The molecule has 0 spiro atoms. The largest absolute Gasteiger partial charge is 0.481 e. The Kier molecular flexibility index (Phi) is 5.87. The van der Waals surface area contributed by atoms with Crippen LogP contribution in [0.1, 0.15) is 18.4 Å². The van der Waals surface area contributed by atoms with Crippen LogP contribution in [0.4, 0.5) is 0 Å². The molecule has 0 radical (unpaired) electrons. The minimum absolute atomic E-state index is 0.0514. The third-order valence-corrected chi connectivity index (χ3v) is 2.48. The second kappa shape index (κ2) is 7.45. The maximum atomic E-state index is 11.4. The second-order valence-corrected chi connectivity index (χ2v) is 3.90. The van der Waals surface area contributed by atoms with Gasteiger partial charge in [0.15, 0.2) is 0 Å². The van der Waals surface area contributed by atoms with Gasteiger partial charge in [-0.05, 0) is 12.0 Å². The van der Waals surface area contributed by atoms with Crippen LogP contribution >= 0.6 is 0 Å². The van der Waals surface area contributed by atoms with E-state index in [1.165, 1.54) is 0 Å². The van der Waals surface area contributed by atoms with Gasteiger partial charge in [0, 0.05) is 6.61 Å². The van der Waals surface area contributed by atoms with Crippen molar-refractivity contribution in [2.45, 2.75) is 19.4 Å². The van der Waals surface area contributed by atoms with Crippen molar-refractivity contribution in [2.75, 3.05) is 6.61 Å². The van der Waals surface area contributed by atoms with Gasteiger partial charge < -0.3 is 14.9 Å². The lowest BCUT2D eigenvalue weighted by Crippen LogP contribution is -2.20. The van der Waals surface area contributed by atoms with Gasteiger partial charge in [-0.2, -0.15) is 0 Å². The fourth-order valence-corrected chi connectivity index (χ4v) is 1.47. The Labute approximate surface area is 105 Å². The van der Waals surface area contributed by atoms with Crippen LogP contribution in [0.25, 0.3) is 0 Å². The fraction of sp³-hybridized carbons (Fsp3) is 0.385. The Hall–Kier alpha value is -1.88. The maximum absolute atomic E-state index is 11.4. The lowest BCUT2D eigenvalue weighted by Gasteiger charge is -2.10. The number of benzene rings is 1. The van der Waals surface area contributed by atoms with Crippen LogP contribution in [0.15, 0.2) is 30.3 Å². The molecule has 0 heterocycles. The summed E-state index contributed by atoms with van der Waals surface area (Å²) < 4.78 is 4.97. The molecule has 2 N–H and O–H groups in total. The number of ether oxygens (including phenoxy) is 1. The van der Waals surface area contributed by atoms with Gasteiger partial charge in [0.1, 0.15) is 6.61 Å². The van der Waals surface area contributed by atoms with Gasteiger partial charge >= 0.3 is 11.9 Å². The van der Waals surface area contributed by atoms with Crippen LogP contribution in [-0.4, -0.2) is 28.8 Å². The Morgan fingerprint density at radius 2 is 1.89 bits per heavy atom. The molecule has 0 aromatic heterocycles. The third kappa shape index (κ3) is 4.97. The van der Waals surface area contributed by atoms with E-state index < -0.39 is 17.9 Å². The SMILES string of the molecule is O=C(C[C@@H](CCO)C(=O)O)OCc1ccccc1. The number of carbonyl (C=O) groups excluding carboxylic acids is 1. The molecule has 1 aromatic rings. The van der Waals surface area contributed by atoms with Gasteiger partial charge in [-0.25, -0.2) is 0 Å². The summed E-state index contributed by atoms with van der Waals surface area (Å²) in [5.74, 6) is -2.56. The van der Waals surface area contributed by atoms with E-state index in [9.17, 15) is 9.59 Å². The Morgan fingerprint density at radius 3 is 2.44 bits per heavy atom. The van der Waals surface area contributed by atoms with Crippen LogP contribution in [0.5, 0.6) is 0 Å². The summed E-state index contributed by atoms with van der Waals surface area (Å²) in [5, 5.41) is 17.5. The minimum Gasteiger partial charge on any atom is -0.481 e. The number of aliphatic carboxylic acids is 1. The highest BCUT2D eigenvalue weighted by atomic mass is 16.5. The average molecular weight is 252 g/mol. The molecule has 0 amide bonds. The Balaban J connectivity index is 2.39. The quantitative estimate of drug-likeness (QED) is 0.712. The van der Waals surface area contributed by atoms with Crippen molar-refractivity contribution in [1.29, 1.82) is 0 Å². The number of hydrogen-bond acceptors (Lipinski definition) is 4. The number of hydrogen-bond donors (Lipinski definition) is 2. The molecule has 0 aliphatic carbocycles. The van der Waals surface area contributed by atoms with Gasteiger partial charge in [0.2, 0.25) is 0 Å². The molecule has 5 heteroatoms. The number of carboxylic acid groups (broad SMARTS) is 1. The van der Waals surface area contributed by atoms with Crippen molar-refractivity contribution in [2.24, 2.45) is 5.92 Å². The van der Waals surface area contributed by atoms with Crippen LogP contribution in [0, 0.1) is 5.92 Å². The van der Waals surface area contributed by atoms with E-state index in [1.807, 2.05) is 30.3 Å². The highest BCUT2D eigenvalue weighted by Gasteiger charge is 2.21. The molecule has 0 saturated heterocycles. The van der Waals surface area contributed by atoms with Crippen LogP contribution in [0.3, 0.4) is 0 Å². The van der Waals surface area contributed by atoms with Crippen molar-refractivity contribution in [3.8, 4) is 0 Å². The Bertz CT molecular complexity index is 388. The Morgan fingerprint density at radius 1 is 1.22 bits per heavy atom. The zero-order chi connectivity index (χ0) is 13.4. The van der Waals surface area contributed by atoms with Gasteiger partial charge in [-0.15, -0.1) is 0 Å². The number of carboxylic acids is 1. The van der Waals surface area contributed by atoms with E-state index in [0.29, 0.717) is 0 Å². The number of aliphatic hydroxyl groups excluding tert-OH is 1. The first-order chi connectivity index (χ1) is 8.63. The lowest BCUT2D eigenvalue weighted by molar-refractivity contribution is -0.152. The van der Waals surface area contributed by atoms with Crippen molar-refractivity contribution in [3.63, 3.8) is 0 Å². The van der Waals surface area contributed by atoms with E-state index in [4.69, 9.17) is 14.9 Å². The monoisotopic (exact) mass is 252 g/mol. The summed E-state index contributed by atoms with van der Waals surface area (Å²) in [4.78, 5) is 22.2. The molecular weight excluding hydrogens is 236 g/mol. The first-order valence-electron chi connectivity index (χ1n) is 5.66. The van der Waals surface area contributed by atoms with Gasteiger partial charge in [0.25, 0.3) is 0 Å². The third-order valence-electron chi connectivity index (χ3n) is 2.48. The molecule has 0 saturated carbocycles. The molecule has 0 aliphatic heterocycles. The van der Waals surface area contributed by atoms with E-state index in [1.54, 1.807) is 0 Å². The van der Waals surface area contributed by atoms with E-state index in [2.05, 4.69) is 0 Å². The van der Waals surface area contributed by atoms with Crippen molar-refractivity contribution in [3.05, 3.63) is 35.9 Å². The number of aliphatic hydroxyl groups is 1. The molecule has 98 valence electrons. The van der Waals surface area contributed by atoms with Crippen molar-refractivity contribution < 1.29 is 24.5 Å². The van der Waals surface area contributed by atoms with Crippen LogP contribution in [-0.2, 0) is 20.9 Å². The van der Waals surface area contributed by atoms with E-state index in [-0.39, 0.29) is 26.1 Å². The normalized spacial score (nSPS) is 11.8. The maximum Gasteiger partial charge on any atom is 0.307 e. The summed E-state index contributed by atoms with van der Waals surface area (Å²) in [7, 11) is 0. The second-order valence-electron chi connectivity index (χ2n) is 3.90. The summed E-state index contributed by atoms with van der Waals surface area (Å²) in [6, 6.07) is 9.14. The molecular formula is C13H16O5. The topological polar surface area (TPSA) is 83.8 Å². The molecule has 0 unspecified atom stereocenters. The van der Waals surface area contributed by atoms with Crippen molar-refractivity contribution >= 4 is 11.9 Å². The van der Waals surface area contributed by atoms with E-state index in [0.717, 1.165) is 5.56 Å². The van der Waals surface area contributed by atoms with Crippen LogP contribution < -0.4 is 0 Å². The fourth-order valence-electron chi connectivity index (χ4n) is 1.47. The predicted octanol–water partition coefficient (Wildman–Crippen LogP) is 1.20. The molecule has 0 aliphatic rings. The molecule has 0 fully saturated rings. The smallest absolute Gasteiger partial charge is 0.307 e. The lowest BCUT2D eigenvalue weighted by atomic mass is 10.0. The number of carbonyl (C=O) groups is 2. The molecule has 1 rings (SSSR count). The van der Waals surface area contributed by atoms with Crippen molar-refractivity contribution in [1.82, 2.24) is 0 Å². The van der Waals surface area contributed by atoms with Gasteiger partial charge in [-0.1, -0.05) is 30.3 Å². The molecule has 1 atom stereocenters. The van der Waals surface area contributed by atoms with Gasteiger partial charge in [0.05, 0.1) is 12.3 Å². The summed E-state index contributed by atoms with van der Waals surface area (Å²) in [6.45, 7) is -0.131. The molecule has 1 aromatic carbocycles. The number of rotatable bonds is 7. The highest BCUT2D eigenvalue weighted by Crippen LogP contribution is 2.11. The standard InChI is InChI=1S/C13H16O5/c14-7-6-11(13(16)17)8-12(15)18-9-10-4-2-1-3-5-10/h1-5,11,14H,6-9H2,(H,16,17)/t11-/m1/s1. The first kappa shape index (κ1) is 14.2. The predicted molar refractivity (Wildman–Crippen MR) is 63.7 cm³/mol. The zero-order valence-corrected chi connectivity index (χ0v) is 9.91. The van der Waals surface area contributed by atoms with E-state index >= 15 is 0 Å². The molecule has 18 heavy (non-hydrogen) atoms. The number of esters is 1. The minimum atomic E-state index is -1.10. The van der Waals surface area contributed by atoms with Gasteiger partial charge in [-0.3, -0.25) is 9.59 Å². The molecule has 0 bridgehead atoms. The summed E-state index contributed by atoms with van der Waals surface area (Å²) in [5.41, 5.74) is 0.847. The highest BCUT2D eigenvalue weighted by molar-refractivity contribution is 5.78. The summed E-state index contributed by atoms with van der Waals surface area (Å²) >= 11 is 0. The summed E-state index contributed by atoms with van der Waals surface area (Å²) in [6.07, 6.45) is -0.168. The first-order valence-corrected chi connectivity index (χ1v) is 5.66. The zero-order valence-electron chi connectivity index (χ0n) is 9.91.